The quantitative estimate of drug-likeness (QED) is 0.463. The molecule has 1 aromatic heterocycles. The van der Waals surface area contributed by atoms with Crippen molar-refractivity contribution in [1.29, 1.82) is 0 Å². The van der Waals surface area contributed by atoms with Crippen LogP contribution in [-0.4, -0.2) is 48.6 Å². The van der Waals surface area contributed by atoms with E-state index in [4.69, 9.17) is 4.74 Å². The van der Waals surface area contributed by atoms with Crippen molar-refractivity contribution in [3.8, 4) is 5.75 Å². The number of carbonyl (C=O) groups is 1. The maximum atomic E-state index is 12.3. The summed E-state index contributed by atoms with van der Waals surface area (Å²) in [5.74, 6) is 0.597. The highest BCUT2D eigenvalue weighted by atomic mass is 32.2. The Morgan fingerprint density at radius 1 is 1.19 bits per heavy atom. The summed E-state index contributed by atoms with van der Waals surface area (Å²) in [7, 11) is -3.61. The van der Waals surface area contributed by atoms with Crippen LogP contribution in [0.1, 0.15) is 20.8 Å². The highest BCUT2D eigenvalue weighted by molar-refractivity contribution is 7.89. The van der Waals surface area contributed by atoms with Crippen molar-refractivity contribution < 1.29 is 17.9 Å². The second kappa shape index (κ2) is 9.75. The third-order valence-corrected chi connectivity index (χ3v) is 5.89. The predicted molar refractivity (Wildman–Crippen MR) is 118 cm³/mol. The molecule has 0 unspecified atom stereocenters. The van der Waals surface area contributed by atoms with Crippen molar-refractivity contribution in [2.45, 2.75) is 38.3 Å². The van der Waals surface area contributed by atoms with Crippen LogP contribution >= 0.6 is 0 Å². The van der Waals surface area contributed by atoms with E-state index in [0.717, 1.165) is 0 Å². The van der Waals surface area contributed by atoms with Gasteiger partial charge in [0.15, 0.2) is 0 Å². The van der Waals surface area contributed by atoms with Crippen molar-refractivity contribution in [2.75, 3.05) is 18.5 Å². The average Bonchev–Trinajstić information content (AvgIpc) is 3.11. The van der Waals surface area contributed by atoms with Crippen molar-refractivity contribution in [1.82, 2.24) is 25.0 Å². The van der Waals surface area contributed by atoms with Crippen LogP contribution in [0.5, 0.6) is 5.75 Å². The molecule has 0 aliphatic rings. The number of hydrogen-bond donors (Lipinski definition) is 3. The molecule has 2 aromatic carbocycles. The summed E-state index contributed by atoms with van der Waals surface area (Å²) in [5.41, 5.74) is 1.71. The van der Waals surface area contributed by atoms with Crippen molar-refractivity contribution >= 4 is 32.8 Å². The first kappa shape index (κ1) is 22.5. The van der Waals surface area contributed by atoms with Crippen molar-refractivity contribution in [3.05, 3.63) is 42.5 Å². The molecule has 11 heteroatoms. The van der Waals surface area contributed by atoms with E-state index in [1.165, 1.54) is 12.1 Å². The zero-order chi connectivity index (χ0) is 22.4. The molecule has 2 amide bonds. The lowest BCUT2D eigenvalue weighted by atomic mass is 10.3. The largest absolute Gasteiger partial charge is 0.492 e. The molecule has 166 valence electrons. The topological polar surface area (TPSA) is 127 Å². The van der Waals surface area contributed by atoms with Gasteiger partial charge < -0.3 is 15.4 Å². The molecule has 31 heavy (non-hydrogen) atoms. The first-order chi connectivity index (χ1) is 14.8. The Hall–Kier alpha value is -3.18. The van der Waals surface area contributed by atoms with Gasteiger partial charge in [0.2, 0.25) is 10.0 Å². The summed E-state index contributed by atoms with van der Waals surface area (Å²) < 4.78 is 34.3. The molecule has 0 bridgehead atoms. The molecule has 0 fully saturated rings. The first-order valence-electron chi connectivity index (χ1n) is 9.92. The minimum absolute atomic E-state index is 0.131. The lowest BCUT2D eigenvalue weighted by Crippen LogP contribution is -2.31. The SMILES string of the molecule is CCOc1ccccc1NC(=O)NCCn1nnc2cc(S(=O)(=O)NC(C)C)ccc21. The maximum Gasteiger partial charge on any atom is 0.319 e. The number of hydrogen-bond acceptors (Lipinski definition) is 6. The zero-order valence-corrected chi connectivity index (χ0v) is 18.4. The Morgan fingerprint density at radius 3 is 2.71 bits per heavy atom. The number of ether oxygens (including phenoxy) is 1. The molecule has 0 spiro atoms. The maximum absolute atomic E-state index is 12.3. The molecule has 0 atom stereocenters. The Kier molecular flexibility index (Phi) is 7.08. The summed E-state index contributed by atoms with van der Waals surface area (Å²) in [5, 5.41) is 13.6. The van der Waals surface area contributed by atoms with Crippen LogP contribution in [0.25, 0.3) is 11.0 Å². The Bertz CT molecular complexity index is 1160. The Labute approximate surface area is 181 Å². The number of rotatable bonds is 9. The summed E-state index contributed by atoms with van der Waals surface area (Å²) in [6.45, 7) is 6.55. The molecule has 1 heterocycles. The lowest BCUT2D eigenvalue weighted by Gasteiger charge is -2.12. The molecule has 3 rings (SSSR count). The van der Waals surface area contributed by atoms with Crippen molar-refractivity contribution in [2.24, 2.45) is 0 Å². The van der Waals surface area contributed by atoms with E-state index in [9.17, 15) is 13.2 Å². The minimum atomic E-state index is -3.61. The number of nitrogens with zero attached hydrogens (tertiary/aromatic N) is 3. The summed E-state index contributed by atoms with van der Waals surface area (Å²) in [6, 6.07) is 11.2. The number of para-hydroxylation sites is 2. The van der Waals surface area contributed by atoms with Gasteiger partial charge in [0.25, 0.3) is 0 Å². The number of urea groups is 1. The molecule has 10 nitrogen and oxygen atoms in total. The summed E-state index contributed by atoms with van der Waals surface area (Å²) >= 11 is 0. The monoisotopic (exact) mass is 446 g/mol. The predicted octanol–water partition coefficient (Wildman–Crippen LogP) is 2.34. The van der Waals surface area contributed by atoms with E-state index in [2.05, 4.69) is 25.7 Å². The Morgan fingerprint density at radius 2 is 1.97 bits per heavy atom. The third-order valence-electron chi connectivity index (χ3n) is 4.23. The lowest BCUT2D eigenvalue weighted by molar-refractivity contribution is 0.251. The molecular weight excluding hydrogens is 420 g/mol. The highest BCUT2D eigenvalue weighted by Crippen LogP contribution is 2.23. The Balaban J connectivity index is 1.61. The molecule has 3 N–H and O–H groups in total. The zero-order valence-electron chi connectivity index (χ0n) is 17.6. The number of nitrogens with one attached hydrogen (secondary N) is 3. The van der Waals surface area contributed by atoms with E-state index < -0.39 is 10.0 Å². The van der Waals surface area contributed by atoms with Gasteiger partial charge in [0.1, 0.15) is 11.3 Å². The molecule has 3 aromatic rings. The van der Waals surface area contributed by atoms with Gasteiger partial charge in [-0.05, 0) is 51.1 Å². The van der Waals surface area contributed by atoms with Gasteiger partial charge >= 0.3 is 6.03 Å². The van der Waals surface area contributed by atoms with E-state index in [-0.39, 0.29) is 17.0 Å². The van der Waals surface area contributed by atoms with Gasteiger partial charge in [-0.3, -0.25) is 0 Å². The number of fused-ring (bicyclic) bond motifs is 1. The molecule has 0 saturated carbocycles. The van der Waals surface area contributed by atoms with Gasteiger partial charge in [-0.1, -0.05) is 17.3 Å². The van der Waals surface area contributed by atoms with Gasteiger partial charge in [0.05, 0.1) is 29.3 Å². The van der Waals surface area contributed by atoms with E-state index in [0.29, 0.717) is 42.2 Å². The smallest absolute Gasteiger partial charge is 0.319 e. The molecule has 0 radical (unpaired) electrons. The van der Waals surface area contributed by atoms with Crippen molar-refractivity contribution in [3.63, 3.8) is 0 Å². The number of benzene rings is 2. The van der Waals surface area contributed by atoms with E-state index in [1.807, 2.05) is 19.1 Å². The number of anilines is 1. The van der Waals surface area contributed by atoms with Gasteiger partial charge in [-0.2, -0.15) is 0 Å². The van der Waals surface area contributed by atoms with Crippen LogP contribution < -0.4 is 20.1 Å². The molecule has 0 aliphatic carbocycles. The standard InChI is InChI=1S/C20H26N6O4S/c1-4-30-19-8-6-5-7-16(19)22-20(27)21-11-12-26-18-10-9-15(13-17(18)23-25-26)31(28,29)24-14(2)3/h5-10,13-14,24H,4,11-12H2,1-3H3,(H2,21,22,27). The highest BCUT2D eigenvalue weighted by Gasteiger charge is 2.17. The van der Waals surface area contributed by atoms with Crippen LogP contribution in [-0.2, 0) is 16.6 Å². The fourth-order valence-corrected chi connectivity index (χ4v) is 4.23. The normalized spacial score (nSPS) is 11.6. The number of sulfonamides is 1. The summed E-state index contributed by atoms with van der Waals surface area (Å²) in [6.07, 6.45) is 0. The molecule has 0 aliphatic heterocycles. The van der Waals surface area contributed by atoms with Crippen LogP contribution in [0.3, 0.4) is 0 Å². The minimum Gasteiger partial charge on any atom is -0.492 e. The number of carbonyl (C=O) groups excluding carboxylic acids is 1. The van der Waals surface area contributed by atoms with Gasteiger partial charge in [-0.25, -0.2) is 22.6 Å². The van der Waals surface area contributed by atoms with Gasteiger partial charge in [0, 0.05) is 12.6 Å². The first-order valence-corrected chi connectivity index (χ1v) is 11.4. The van der Waals surface area contributed by atoms with Crippen LogP contribution in [0.15, 0.2) is 47.4 Å². The number of aromatic nitrogens is 3. The van der Waals surface area contributed by atoms with E-state index in [1.54, 1.807) is 36.7 Å². The molecule has 0 saturated heterocycles. The molecular formula is C20H26N6O4S. The number of amides is 2. The summed E-state index contributed by atoms with van der Waals surface area (Å²) in [4.78, 5) is 12.3. The average molecular weight is 447 g/mol. The third kappa shape index (κ3) is 5.70. The van der Waals surface area contributed by atoms with Crippen LogP contribution in [0.2, 0.25) is 0 Å². The fourth-order valence-electron chi connectivity index (χ4n) is 2.96. The fraction of sp³-hybridized carbons (Fsp3) is 0.350. The second-order valence-electron chi connectivity index (χ2n) is 7.05. The van der Waals surface area contributed by atoms with Crippen LogP contribution in [0, 0.1) is 0 Å². The van der Waals surface area contributed by atoms with E-state index >= 15 is 0 Å². The van der Waals surface area contributed by atoms with Crippen LogP contribution in [0.4, 0.5) is 10.5 Å². The second-order valence-corrected chi connectivity index (χ2v) is 8.76. The van der Waals surface area contributed by atoms with Gasteiger partial charge in [-0.15, -0.1) is 5.10 Å².